The summed E-state index contributed by atoms with van der Waals surface area (Å²) in [5, 5.41) is 2.88. The quantitative estimate of drug-likeness (QED) is 0.880. The fourth-order valence-corrected chi connectivity index (χ4v) is 2.70. The van der Waals surface area contributed by atoms with Crippen LogP contribution in [0.1, 0.15) is 24.2 Å². The molecule has 3 amide bonds. The lowest BCUT2D eigenvalue weighted by molar-refractivity contribution is 0.0664. The Bertz CT molecular complexity index is 716. The van der Waals surface area contributed by atoms with Crippen LogP contribution in [-0.2, 0) is 0 Å². The van der Waals surface area contributed by atoms with E-state index in [0.717, 1.165) is 11.0 Å². The van der Waals surface area contributed by atoms with Crippen molar-refractivity contribution in [3.63, 3.8) is 0 Å². The first kappa shape index (κ1) is 15.3. The highest BCUT2D eigenvalue weighted by atomic mass is 16.2. The lowest BCUT2D eigenvalue weighted by atomic mass is 10.1. The van der Waals surface area contributed by atoms with Crippen molar-refractivity contribution in [3.8, 4) is 0 Å². The van der Waals surface area contributed by atoms with Gasteiger partial charge in [-0.3, -0.25) is 4.79 Å². The summed E-state index contributed by atoms with van der Waals surface area (Å²) in [7, 11) is 0. The minimum absolute atomic E-state index is 0.00887. The zero-order chi connectivity index (χ0) is 16.4. The number of nitrogens with zero attached hydrogens (tertiary/aromatic N) is 3. The van der Waals surface area contributed by atoms with E-state index in [2.05, 4.69) is 15.3 Å². The number of carbonyl (C=O) groups excluding carboxylic acids is 2. The molecule has 2 aromatic rings. The molecule has 1 aliphatic heterocycles. The molecular formula is C16H21N5O2. The summed E-state index contributed by atoms with van der Waals surface area (Å²) < 4.78 is 0. The molecule has 2 N–H and O–H groups in total. The van der Waals surface area contributed by atoms with E-state index in [-0.39, 0.29) is 18.0 Å². The minimum Gasteiger partial charge on any atom is -0.345 e. The molecule has 1 aromatic heterocycles. The van der Waals surface area contributed by atoms with Crippen molar-refractivity contribution in [3.05, 3.63) is 30.1 Å². The van der Waals surface area contributed by atoms with Crippen LogP contribution < -0.4 is 5.32 Å². The predicted molar refractivity (Wildman–Crippen MR) is 87.2 cm³/mol. The van der Waals surface area contributed by atoms with Crippen LogP contribution in [0.3, 0.4) is 0 Å². The Morgan fingerprint density at radius 1 is 1.17 bits per heavy atom. The first-order chi connectivity index (χ1) is 11.0. The number of hydrogen-bond donors (Lipinski definition) is 2. The molecule has 0 atom stereocenters. The number of carbonyl (C=O) groups is 2. The molecule has 0 saturated carbocycles. The molecule has 1 saturated heterocycles. The molecule has 7 nitrogen and oxygen atoms in total. The van der Waals surface area contributed by atoms with Crippen LogP contribution in [0, 0.1) is 0 Å². The molecule has 0 spiro atoms. The predicted octanol–water partition coefficient (Wildman–Crippen LogP) is 1.44. The number of nitrogens with one attached hydrogen (secondary N) is 2. The number of piperazine rings is 1. The molecule has 3 rings (SSSR count). The van der Waals surface area contributed by atoms with Gasteiger partial charge in [0.2, 0.25) is 0 Å². The van der Waals surface area contributed by atoms with Gasteiger partial charge in [0, 0.05) is 37.8 Å². The summed E-state index contributed by atoms with van der Waals surface area (Å²) in [5.74, 6) is -0.00887. The third-order valence-corrected chi connectivity index (χ3v) is 3.93. The number of benzene rings is 1. The van der Waals surface area contributed by atoms with Gasteiger partial charge < -0.3 is 20.1 Å². The Hall–Kier alpha value is -2.57. The van der Waals surface area contributed by atoms with E-state index >= 15 is 0 Å². The number of H-pyrrole nitrogens is 1. The number of aromatic amines is 1. The first-order valence-corrected chi connectivity index (χ1v) is 7.82. The second-order valence-corrected chi connectivity index (χ2v) is 6.02. The SMILES string of the molecule is CC(C)NC(=O)N1CCN(C(=O)c2ccc3nc[nH]c3c2)CC1. The van der Waals surface area contributed by atoms with E-state index in [0.29, 0.717) is 31.7 Å². The van der Waals surface area contributed by atoms with Crippen molar-refractivity contribution >= 4 is 23.0 Å². The molecule has 0 radical (unpaired) electrons. The minimum atomic E-state index is -0.0639. The molecule has 1 fully saturated rings. The number of amides is 3. The lowest BCUT2D eigenvalue weighted by Crippen LogP contribution is -2.54. The van der Waals surface area contributed by atoms with Crippen LogP contribution in [0.2, 0.25) is 0 Å². The van der Waals surface area contributed by atoms with Crippen LogP contribution in [-0.4, -0.2) is 63.9 Å². The first-order valence-electron chi connectivity index (χ1n) is 7.82. The monoisotopic (exact) mass is 315 g/mol. The highest BCUT2D eigenvalue weighted by molar-refractivity contribution is 5.97. The maximum Gasteiger partial charge on any atom is 0.317 e. The van der Waals surface area contributed by atoms with E-state index in [1.807, 2.05) is 26.0 Å². The van der Waals surface area contributed by atoms with Gasteiger partial charge in [-0.1, -0.05) is 0 Å². The Labute approximate surface area is 134 Å². The Morgan fingerprint density at radius 2 is 1.87 bits per heavy atom. The normalized spacial score (nSPS) is 15.3. The van der Waals surface area contributed by atoms with Crippen molar-refractivity contribution in [2.24, 2.45) is 0 Å². The maximum absolute atomic E-state index is 12.6. The number of rotatable bonds is 2. The Morgan fingerprint density at radius 3 is 2.57 bits per heavy atom. The van der Waals surface area contributed by atoms with E-state index in [1.165, 1.54) is 0 Å². The van der Waals surface area contributed by atoms with Gasteiger partial charge in [0.15, 0.2) is 0 Å². The third kappa shape index (κ3) is 3.28. The molecule has 0 unspecified atom stereocenters. The zero-order valence-electron chi connectivity index (χ0n) is 13.4. The fraction of sp³-hybridized carbons (Fsp3) is 0.438. The summed E-state index contributed by atoms with van der Waals surface area (Å²) in [5.41, 5.74) is 2.34. The van der Waals surface area contributed by atoms with Crippen LogP contribution in [0.25, 0.3) is 11.0 Å². The number of urea groups is 1. The van der Waals surface area contributed by atoms with Gasteiger partial charge >= 0.3 is 6.03 Å². The van der Waals surface area contributed by atoms with Crippen LogP contribution in [0.15, 0.2) is 24.5 Å². The topological polar surface area (TPSA) is 81.3 Å². The molecule has 122 valence electrons. The summed E-state index contributed by atoms with van der Waals surface area (Å²) >= 11 is 0. The molecule has 23 heavy (non-hydrogen) atoms. The molecule has 0 aliphatic carbocycles. The summed E-state index contributed by atoms with van der Waals surface area (Å²) in [6, 6.07) is 5.51. The average molecular weight is 315 g/mol. The zero-order valence-corrected chi connectivity index (χ0v) is 13.4. The summed E-state index contributed by atoms with van der Waals surface area (Å²) in [6.45, 7) is 6.07. The molecular weight excluding hydrogens is 294 g/mol. The van der Waals surface area contributed by atoms with E-state index in [9.17, 15) is 9.59 Å². The van der Waals surface area contributed by atoms with E-state index < -0.39 is 0 Å². The van der Waals surface area contributed by atoms with Crippen LogP contribution in [0.4, 0.5) is 4.79 Å². The van der Waals surface area contributed by atoms with Crippen molar-refractivity contribution in [2.45, 2.75) is 19.9 Å². The van der Waals surface area contributed by atoms with Crippen molar-refractivity contribution in [2.75, 3.05) is 26.2 Å². The van der Waals surface area contributed by atoms with Crippen LogP contribution >= 0.6 is 0 Å². The van der Waals surface area contributed by atoms with E-state index in [1.54, 1.807) is 22.2 Å². The van der Waals surface area contributed by atoms with Gasteiger partial charge in [0.05, 0.1) is 17.4 Å². The summed E-state index contributed by atoms with van der Waals surface area (Å²) in [6.07, 6.45) is 1.62. The molecule has 1 aliphatic rings. The van der Waals surface area contributed by atoms with Crippen LogP contribution in [0.5, 0.6) is 0 Å². The largest absolute Gasteiger partial charge is 0.345 e. The standard InChI is InChI=1S/C16H21N5O2/c1-11(2)19-16(23)21-7-5-20(6-8-21)15(22)12-3-4-13-14(9-12)18-10-17-13/h3-4,9-11H,5-8H2,1-2H3,(H,17,18)(H,19,23). The number of imidazole rings is 1. The number of fused-ring (bicyclic) bond motifs is 1. The van der Waals surface area contributed by atoms with Crippen molar-refractivity contribution in [1.29, 1.82) is 0 Å². The highest BCUT2D eigenvalue weighted by Crippen LogP contribution is 2.14. The van der Waals surface area contributed by atoms with Gasteiger partial charge in [-0.25, -0.2) is 9.78 Å². The smallest absolute Gasteiger partial charge is 0.317 e. The number of aromatic nitrogens is 2. The van der Waals surface area contributed by atoms with Gasteiger partial charge in [0.1, 0.15) is 0 Å². The van der Waals surface area contributed by atoms with Gasteiger partial charge in [-0.05, 0) is 32.0 Å². The highest BCUT2D eigenvalue weighted by Gasteiger charge is 2.25. The van der Waals surface area contributed by atoms with Gasteiger partial charge in [0.25, 0.3) is 5.91 Å². The van der Waals surface area contributed by atoms with Crippen molar-refractivity contribution in [1.82, 2.24) is 25.1 Å². The lowest BCUT2D eigenvalue weighted by Gasteiger charge is -2.35. The Balaban J connectivity index is 1.62. The van der Waals surface area contributed by atoms with Gasteiger partial charge in [-0.2, -0.15) is 0 Å². The van der Waals surface area contributed by atoms with Crippen molar-refractivity contribution < 1.29 is 9.59 Å². The molecule has 7 heteroatoms. The average Bonchev–Trinajstić information content (AvgIpc) is 3.01. The molecule has 1 aromatic carbocycles. The fourth-order valence-electron chi connectivity index (χ4n) is 2.70. The van der Waals surface area contributed by atoms with Gasteiger partial charge in [-0.15, -0.1) is 0 Å². The number of hydrogen-bond acceptors (Lipinski definition) is 3. The maximum atomic E-state index is 12.6. The van der Waals surface area contributed by atoms with E-state index in [4.69, 9.17) is 0 Å². The second kappa shape index (κ2) is 6.28. The molecule has 2 heterocycles. The summed E-state index contributed by atoms with van der Waals surface area (Å²) in [4.78, 5) is 35.3. The molecule has 0 bridgehead atoms. The third-order valence-electron chi connectivity index (χ3n) is 3.93. The second-order valence-electron chi connectivity index (χ2n) is 6.02. The Kier molecular flexibility index (Phi) is 4.18.